The lowest BCUT2D eigenvalue weighted by Gasteiger charge is -2.42. The molecule has 3 aromatic rings. The number of aromatic amines is 1. The Balaban J connectivity index is 1.39. The van der Waals surface area contributed by atoms with Gasteiger partial charge in [-0.05, 0) is 37.1 Å². The van der Waals surface area contributed by atoms with Crippen LogP contribution in [-0.2, 0) is 14.3 Å². The quantitative estimate of drug-likeness (QED) is 0.416. The summed E-state index contributed by atoms with van der Waals surface area (Å²) in [5.74, 6) is 0.735. The second-order valence-corrected chi connectivity index (χ2v) is 10.1. The molecule has 196 valence electrons. The normalized spacial score (nSPS) is 19.5. The van der Waals surface area contributed by atoms with Gasteiger partial charge in [0, 0.05) is 54.2 Å². The summed E-state index contributed by atoms with van der Waals surface area (Å²) < 4.78 is 5.42. The zero-order valence-electron chi connectivity index (χ0n) is 20.3. The van der Waals surface area contributed by atoms with E-state index >= 15 is 0 Å². The van der Waals surface area contributed by atoms with Crippen LogP contribution in [-0.4, -0.2) is 95.1 Å². The van der Waals surface area contributed by atoms with E-state index in [1.165, 1.54) is 6.33 Å². The molecule has 2 aliphatic heterocycles. The van der Waals surface area contributed by atoms with Crippen LogP contribution in [0.15, 0.2) is 36.8 Å². The predicted molar refractivity (Wildman–Crippen MR) is 143 cm³/mol. The number of nitrogens with zero attached hydrogens (tertiary/aromatic N) is 5. The van der Waals surface area contributed by atoms with Crippen molar-refractivity contribution >= 4 is 57.9 Å². The molecule has 1 aromatic carbocycles. The van der Waals surface area contributed by atoms with Gasteiger partial charge in [0.15, 0.2) is 6.29 Å². The molecule has 0 bridgehead atoms. The van der Waals surface area contributed by atoms with Crippen LogP contribution in [0.1, 0.15) is 12.8 Å². The maximum atomic E-state index is 13.3. The van der Waals surface area contributed by atoms with Crippen molar-refractivity contribution in [3.05, 3.63) is 46.8 Å². The molecule has 1 amide bonds. The van der Waals surface area contributed by atoms with Crippen LogP contribution in [0.2, 0.25) is 10.0 Å². The molecule has 2 N–H and O–H groups in total. The lowest BCUT2D eigenvalue weighted by atomic mass is 10.0. The fourth-order valence-electron chi connectivity index (χ4n) is 5.03. The van der Waals surface area contributed by atoms with Crippen molar-refractivity contribution in [1.82, 2.24) is 24.8 Å². The molecule has 2 atom stereocenters. The number of aldehydes is 1. The van der Waals surface area contributed by atoms with Crippen LogP contribution in [0.5, 0.6) is 0 Å². The number of fused-ring (bicyclic) bond motifs is 1. The molecule has 0 radical (unpaired) electrons. The number of hydrogen-bond acceptors (Lipinski definition) is 8. The summed E-state index contributed by atoms with van der Waals surface area (Å²) in [5, 5.41) is 5.08. The highest BCUT2D eigenvalue weighted by Gasteiger charge is 2.33. The van der Waals surface area contributed by atoms with Gasteiger partial charge in [-0.1, -0.05) is 23.2 Å². The summed E-state index contributed by atoms with van der Waals surface area (Å²) in [6, 6.07) is 7.01. The standard InChI is InChI=1S/C25H29Cl2N7O3/c26-17-10-18(27)12-19(11-17)31-22(15-35)33-5-1-2-20(13-33)34(14-23(36)32-6-8-37-9-7-32)25-21-3-4-28-24(21)29-16-30-25/h3-4,10-12,15-16,20,22,31H,1-2,5-9,13-14H2,(H,28,29,30)/t20?,22-/m1/s1. The second-order valence-electron chi connectivity index (χ2n) is 9.23. The van der Waals surface area contributed by atoms with Gasteiger partial charge in [0.1, 0.15) is 24.0 Å². The molecule has 4 heterocycles. The van der Waals surface area contributed by atoms with Crippen molar-refractivity contribution in [2.45, 2.75) is 25.0 Å². The Kier molecular flexibility index (Phi) is 8.09. The van der Waals surface area contributed by atoms with Crippen molar-refractivity contribution in [2.75, 3.05) is 56.2 Å². The lowest BCUT2D eigenvalue weighted by molar-refractivity contribution is -0.133. The minimum Gasteiger partial charge on any atom is -0.378 e. The molecular weight excluding hydrogens is 517 g/mol. The molecule has 1 unspecified atom stereocenters. The Morgan fingerprint density at radius 3 is 2.76 bits per heavy atom. The number of anilines is 2. The van der Waals surface area contributed by atoms with Crippen LogP contribution < -0.4 is 10.2 Å². The highest BCUT2D eigenvalue weighted by Crippen LogP contribution is 2.29. The topological polar surface area (TPSA) is 107 Å². The molecule has 0 aliphatic carbocycles. The smallest absolute Gasteiger partial charge is 0.242 e. The molecule has 10 nitrogen and oxygen atoms in total. The third kappa shape index (κ3) is 5.98. The summed E-state index contributed by atoms with van der Waals surface area (Å²) in [5.41, 5.74) is 1.38. The Morgan fingerprint density at radius 1 is 1.22 bits per heavy atom. The summed E-state index contributed by atoms with van der Waals surface area (Å²) in [7, 11) is 0. The average Bonchev–Trinajstić information content (AvgIpc) is 3.40. The number of carbonyl (C=O) groups is 2. The van der Waals surface area contributed by atoms with E-state index in [1.54, 1.807) is 18.2 Å². The Labute approximate surface area is 224 Å². The number of aromatic nitrogens is 3. The molecule has 2 aliphatic rings. The van der Waals surface area contributed by atoms with Crippen LogP contribution >= 0.6 is 23.2 Å². The molecule has 5 rings (SSSR count). The van der Waals surface area contributed by atoms with Gasteiger partial charge in [-0.2, -0.15) is 0 Å². The molecule has 12 heteroatoms. The number of hydrogen-bond donors (Lipinski definition) is 2. The van der Waals surface area contributed by atoms with Crippen LogP contribution in [0.3, 0.4) is 0 Å². The number of ether oxygens (including phenoxy) is 1. The summed E-state index contributed by atoms with van der Waals surface area (Å²) in [6.45, 7) is 3.71. The van der Waals surface area contributed by atoms with E-state index in [0.29, 0.717) is 60.0 Å². The maximum Gasteiger partial charge on any atom is 0.242 e. The van der Waals surface area contributed by atoms with E-state index in [1.807, 2.05) is 17.2 Å². The first-order valence-electron chi connectivity index (χ1n) is 12.3. The first-order chi connectivity index (χ1) is 18.0. The fraction of sp³-hybridized carbons (Fsp3) is 0.440. The zero-order chi connectivity index (χ0) is 25.8. The first-order valence-corrected chi connectivity index (χ1v) is 13.1. The van der Waals surface area contributed by atoms with Crippen molar-refractivity contribution in [3.63, 3.8) is 0 Å². The second kappa shape index (κ2) is 11.6. The minimum atomic E-state index is -0.577. The monoisotopic (exact) mass is 545 g/mol. The zero-order valence-corrected chi connectivity index (χ0v) is 21.8. The number of amides is 1. The van der Waals surface area contributed by atoms with Crippen molar-refractivity contribution in [1.29, 1.82) is 0 Å². The number of rotatable bonds is 8. The van der Waals surface area contributed by atoms with E-state index in [2.05, 4.69) is 30.1 Å². The number of nitrogens with one attached hydrogen (secondary N) is 2. The predicted octanol–water partition coefficient (Wildman–Crippen LogP) is 3.03. The van der Waals surface area contributed by atoms with Gasteiger partial charge in [0.25, 0.3) is 0 Å². The summed E-state index contributed by atoms with van der Waals surface area (Å²) >= 11 is 12.3. The van der Waals surface area contributed by atoms with E-state index in [4.69, 9.17) is 27.9 Å². The SMILES string of the molecule is O=C[C@H](Nc1cc(Cl)cc(Cl)c1)N1CCCC(N(CC(=O)N2CCOCC2)c2ncnc3[nH]ccc23)C1. The van der Waals surface area contributed by atoms with E-state index in [9.17, 15) is 9.59 Å². The maximum absolute atomic E-state index is 13.3. The van der Waals surface area contributed by atoms with Gasteiger partial charge in [-0.25, -0.2) is 9.97 Å². The van der Waals surface area contributed by atoms with Crippen LogP contribution in [0.4, 0.5) is 11.5 Å². The number of likely N-dealkylation sites (tertiary alicyclic amines) is 1. The minimum absolute atomic E-state index is 0.0290. The molecule has 2 aromatic heterocycles. The van der Waals surface area contributed by atoms with Crippen LogP contribution in [0, 0.1) is 0 Å². The van der Waals surface area contributed by atoms with Crippen molar-refractivity contribution in [2.24, 2.45) is 0 Å². The highest BCUT2D eigenvalue weighted by atomic mass is 35.5. The van der Waals surface area contributed by atoms with Gasteiger partial charge in [0.05, 0.1) is 25.1 Å². The first kappa shape index (κ1) is 25.7. The third-order valence-electron chi connectivity index (χ3n) is 6.84. The number of morpholine rings is 1. The van der Waals surface area contributed by atoms with E-state index in [-0.39, 0.29) is 18.5 Å². The Morgan fingerprint density at radius 2 is 2.00 bits per heavy atom. The third-order valence-corrected chi connectivity index (χ3v) is 7.28. The summed E-state index contributed by atoms with van der Waals surface area (Å²) in [4.78, 5) is 43.6. The molecule has 0 saturated carbocycles. The number of benzene rings is 1. The van der Waals surface area contributed by atoms with Gasteiger partial charge < -0.3 is 24.8 Å². The van der Waals surface area contributed by atoms with Gasteiger partial charge >= 0.3 is 0 Å². The number of halogens is 2. The highest BCUT2D eigenvalue weighted by molar-refractivity contribution is 6.35. The lowest BCUT2D eigenvalue weighted by Crippen LogP contribution is -2.56. The molecule has 37 heavy (non-hydrogen) atoms. The number of piperidine rings is 1. The van der Waals surface area contributed by atoms with Crippen LogP contribution in [0.25, 0.3) is 11.0 Å². The molecule has 2 saturated heterocycles. The Hall–Kier alpha value is -2.92. The molecule has 0 spiro atoms. The van der Waals surface area contributed by atoms with Gasteiger partial charge in [-0.15, -0.1) is 0 Å². The van der Waals surface area contributed by atoms with E-state index < -0.39 is 6.17 Å². The Bertz CT molecular complexity index is 1230. The number of H-pyrrole nitrogens is 1. The average molecular weight is 546 g/mol. The van der Waals surface area contributed by atoms with Gasteiger partial charge in [0.2, 0.25) is 5.91 Å². The number of carbonyl (C=O) groups excluding carboxylic acids is 2. The van der Waals surface area contributed by atoms with Crippen molar-refractivity contribution < 1.29 is 14.3 Å². The summed E-state index contributed by atoms with van der Waals surface area (Å²) in [6.07, 6.45) is 5.36. The largest absolute Gasteiger partial charge is 0.378 e. The van der Waals surface area contributed by atoms with E-state index in [0.717, 1.165) is 31.1 Å². The molecular formula is C25H29Cl2N7O3. The van der Waals surface area contributed by atoms with Gasteiger partial charge in [-0.3, -0.25) is 14.5 Å². The fourth-order valence-corrected chi connectivity index (χ4v) is 5.56. The molecule has 2 fully saturated rings. The van der Waals surface area contributed by atoms with Crippen molar-refractivity contribution in [3.8, 4) is 0 Å².